The number of carbonyl (C=O) groups is 1. The average Bonchev–Trinajstić information content (AvgIpc) is 2.91. The minimum atomic E-state index is -0.302. The normalized spacial score (nSPS) is 17.8. The van der Waals surface area contributed by atoms with Crippen LogP contribution in [-0.4, -0.2) is 44.7 Å². The van der Waals surface area contributed by atoms with Crippen LogP contribution in [0, 0.1) is 0 Å². The van der Waals surface area contributed by atoms with Gasteiger partial charge in [0.2, 0.25) is 11.6 Å². The molecule has 4 rings (SSSR count). The molecular formula is C21H30N6O2. The number of anilines is 1. The van der Waals surface area contributed by atoms with Crippen LogP contribution in [0.1, 0.15) is 57.8 Å². The van der Waals surface area contributed by atoms with Gasteiger partial charge in [-0.05, 0) is 44.9 Å². The summed E-state index contributed by atoms with van der Waals surface area (Å²) in [7, 11) is 0. The molecule has 1 N–H and O–H groups in total. The quantitative estimate of drug-likeness (QED) is 0.755. The third kappa shape index (κ3) is 4.68. The summed E-state index contributed by atoms with van der Waals surface area (Å²) in [6.45, 7) is 2.38. The van der Waals surface area contributed by atoms with Gasteiger partial charge in [0.15, 0.2) is 5.82 Å². The third-order valence-corrected chi connectivity index (χ3v) is 5.84. The van der Waals surface area contributed by atoms with E-state index in [9.17, 15) is 9.59 Å². The van der Waals surface area contributed by atoms with Gasteiger partial charge in [0.05, 0.1) is 0 Å². The van der Waals surface area contributed by atoms with E-state index in [1.165, 1.54) is 40.3 Å². The Bertz CT molecular complexity index is 936. The van der Waals surface area contributed by atoms with Crippen molar-refractivity contribution in [3.8, 4) is 0 Å². The Balaban J connectivity index is 1.44. The summed E-state index contributed by atoms with van der Waals surface area (Å²) in [5.74, 6) is 0.547. The van der Waals surface area contributed by atoms with E-state index in [0.717, 1.165) is 51.0 Å². The maximum Gasteiger partial charge on any atom is 0.350 e. The van der Waals surface area contributed by atoms with Crippen LogP contribution in [0.4, 0.5) is 5.82 Å². The van der Waals surface area contributed by atoms with Gasteiger partial charge in [-0.2, -0.15) is 0 Å². The van der Waals surface area contributed by atoms with Gasteiger partial charge < -0.3 is 10.2 Å². The van der Waals surface area contributed by atoms with Crippen molar-refractivity contribution >= 4 is 17.4 Å². The number of fused-ring (bicyclic) bond motifs is 1. The number of aromatic nitrogens is 4. The average molecular weight is 399 g/mol. The summed E-state index contributed by atoms with van der Waals surface area (Å²) in [6.07, 6.45) is 15.9. The predicted molar refractivity (Wildman–Crippen MR) is 112 cm³/mol. The zero-order chi connectivity index (χ0) is 20.1. The van der Waals surface area contributed by atoms with E-state index in [1.54, 1.807) is 12.4 Å². The van der Waals surface area contributed by atoms with Crippen molar-refractivity contribution in [2.24, 2.45) is 0 Å². The Labute approximate surface area is 170 Å². The van der Waals surface area contributed by atoms with Crippen LogP contribution < -0.4 is 15.9 Å². The molecule has 29 heavy (non-hydrogen) atoms. The van der Waals surface area contributed by atoms with Gasteiger partial charge in [-0.3, -0.25) is 4.79 Å². The van der Waals surface area contributed by atoms with Crippen LogP contribution >= 0.6 is 0 Å². The molecule has 0 bridgehead atoms. The molecule has 0 atom stereocenters. The van der Waals surface area contributed by atoms with E-state index in [2.05, 4.69) is 26.4 Å². The topological polar surface area (TPSA) is 84.5 Å². The largest absolute Gasteiger partial charge is 0.354 e. The fourth-order valence-electron chi connectivity index (χ4n) is 4.23. The monoisotopic (exact) mass is 398 g/mol. The first-order chi connectivity index (χ1) is 14.2. The van der Waals surface area contributed by atoms with Crippen LogP contribution in [0.2, 0.25) is 0 Å². The molecule has 1 fully saturated rings. The minimum absolute atomic E-state index is 0.0704. The second kappa shape index (κ2) is 9.24. The summed E-state index contributed by atoms with van der Waals surface area (Å²) in [5.41, 5.74) is 1.65. The number of nitrogens with zero attached hydrogens (tertiary/aromatic N) is 5. The van der Waals surface area contributed by atoms with Crippen molar-refractivity contribution < 1.29 is 4.79 Å². The summed E-state index contributed by atoms with van der Waals surface area (Å²) < 4.78 is 2.74. The molecule has 2 aromatic rings. The van der Waals surface area contributed by atoms with Gasteiger partial charge in [0.1, 0.15) is 6.54 Å². The van der Waals surface area contributed by atoms with Crippen LogP contribution in [0.3, 0.4) is 0 Å². The lowest BCUT2D eigenvalue weighted by Gasteiger charge is -2.20. The fraction of sp³-hybridized carbons (Fsp3) is 0.619. The second-order valence-corrected chi connectivity index (χ2v) is 7.99. The Morgan fingerprint density at radius 1 is 1.10 bits per heavy atom. The Morgan fingerprint density at radius 2 is 1.93 bits per heavy atom. The highest BCUT2D eigenvalue weighted by Crippen LogP contribution is 2.20. The smallest absolute Gasteiger partial charge is 0.350 e. The zero-order valence-corrected chi connectivity index (χ0v) is 17.0. The van der Waals surface area contributed by atoms with Crippen molar-refractivity contribution in [1.82, 2.24) is 24.5 Å². The van der Waals surface area contributed by atoms with E-state index >= 15 is 0 Å². The van der Waals surface area contributed by atoms with Gasteiger partial charge in [-0.1, -0.05) is 24.5 Å². The number of allylic oxidation sites excluding steroid dienone is 1. The first kappa shape index (κ1) is 19.7. The summed E-state index contributed by atoms with van der Waals surface area (Å²) >= 11 is 0. The minimum Gasteiger partial charge on any atom is -0.354 e. The molecule has 156 valence electrons. The molecule has 0 spiro atoms. The number of hydrogen-bond donors (Lipinski definition) is 1. The van der Waals surface area contributed by atoms with E-state index in [4.69, 9.17) is 0 Å². The number of carbonyl (C=O) groups excluding carboxylic acids is 1. The van der Waals surface area contributed by atoms with Gasteiger partial charge in [-0.25, -0.2) is 18.9 Å². The molecule has 2 aromatic heterocycles. The molecule has 8 heteroatoms. The van der Waals surface area contributed by atoms with Gasteiger partial charge in [0.25, 0.3) is 0 Å². The highest BCUT2D eigenvalue weighted by atomic mass is 16.2. The molecule has 8 nitrogen and oxygen atoms in total. The number of nitrogens with one attached hydrogen (secondary N) is 1. The molecule has 0 saturated carbocycles. The van der Waals surface area contributed by atoms with Crippen molar-refractivity contribution in [3.63, 3.8) is 0 Å². The Hall–Kier alpha value is -2.64. The third-order valence-electron chi connectivity index (χ3n) is 5.84. The van der Waals surface area contributed by atoms with Gasteiger partial charge in [-0.15, -0.1) is 5.10 Å². The van der Waals surface area contributed by atoms with E-state index in [0.29, 0.717) is 12.2 Å². The lowest BCUT2D eigenvalue weighted by molar-refractivity contribution is -0.121. The summed E-state index contributed by atoms with van der Waals surface area (Å²) in [6, 6.07) is 0. The van der Waals surface area contributed by atoms with Crippen LogP contribution in [0.25, 0.3) is 5.65 Å². The molecule has 1 amide bonds. The molecule has 3 heterocycles. The van der Waals surface area contributed by atoms with Crippen molar-refractivity contribution in [1.29, 1.82) is 0 Å². The van der Waals surface area contributed by atoms with Crippen LogP contribution in [0.5, 0.6) is 0 Å². The Kier molecular flexibility index (Phi) is 6.27. The van der Waals surface area contributed by atoms with Crippen LogP contribution in [-0.2, 0) is 11.3 Å². The fourth-order valence-corrected chi connectivity index (χ4v) is 4.23. The number of hydrogen-bond acceptors (Lipinski definition) is 5. The van der Waals surface area contributed by atoms with E-state index < -0.39 is 0 Å². The molecule has 2 aliphatic rings. The highest BCUT2D eigenvalue weighted by Gasteiger charge is 2.19. The summed E-state index contributed by atoms with van der Waals surface area (Å²) in [4.78, 5) is 31.8. The maximum atomic E-state index is 12.7. The lowest BCUT2D eigenvalue weighted by atomic mass is 9.97. The summed E-state index contributed by atoms with van der Waals surface area (Å²) in [5, 5.41) is 7.37. The molecule has 1 saturated heterocycles. The van der Waals surface area contributed by atoms with E-state index in [-0.39, 0.29) is 18.1 Å². The molecule has 0 aromatic carbocycles. The maximum absolute atomic E-state index is 12.7. The molecule has 0 unspecified atom stereocenters. The standard InChI is InChI=1S/C21H30N6O2/c28-18(22-11-10-17-8-4-3-5-9-17)16-27-21(29)26-15-12-23-19(20(26)24-27)25-13-6-1-2-7-14-25/h8,12,15H,1-7,9-11,13-14,16H2,(H,22,28). The van der Waals surface area contributed by atoms with Gasteiger partial charge >= 0.3 is 5.69 Å². The van der Waals surface area contributed by atoms with E-state index in [1.807, 2.05) is 0 Å². The lowest BCUT2D eigenvalue weighted by Crippen LogP contribution is -2.33. The molecule has 1 aliphatic heterocycles. The first-order valence-electron chi connectivity index (χ1n) is 10.9. The van der Waals surface area contributed by atoms with Crippen LogP contribution in [0.15, 0.2) is 28.8 Å². The van der Waals surface area contributed by atoms with Crippen molar-refractivity contribution in [3.05, 3.63) is 34.5 Å². The SMILES string of the molecule is O=C(Cn1nc2c(N3CCCCCC3)nccn2c1=O)NCCC1=CCCCC1. The number of amides is 1. The predicted octanol–water partition coefficient (Wildman–Crippen LogP) is 2.28. The second-order valence-electron chi connectivity index (χ2n) is 7.99. The number of rotatable bonds is 6. The zero-order valence-electron chi connectivity index (χ0n) is 17.0. The van der Waals surface area contributed by atoms with Gasteiger partial charge in [0, 0.05) is 32.0 Å². The Morgan fingerprint density at radius 3 is 2.69 bits per heavy atom. The van der Waals surface area contributed by atoms with Crippen molar-refractivity contribution in [2.45, 2.75) is 64.3 Å². The van der Waals surface area contributed by atoms with Crippen molar-refractivity contribution in [2.75, 3.05) is 24.5 Å². The molecule has 1 aliphatic carbocycles. The molecular weight excluding hydrogens is 368 g/mol. The molecule has 0 radical (unpaired) electrons. The first-order valence-corrected chi connectivity index (χ1v) is 10.9. The highest BCUT2D eigenvalue weighted by molar-refractivity contribution is 5.75.